The van der Waals surface area contributed by atoms with E-state index in [-0.39, 0.29) is 6.10 Å². The summed E-state index contributed by atoms with van der Waals surface area (Å²) in [5.41, 5.74) is 1.34. The van der Waals surface area contributed by atoms with Crippen molar-refractivity contribution in [2.45, 2.75) is 39.3 Å². The lowest BCUT2D eigenvalue weighted by Crippen LogP contribution is -2.42. The molecule has 2 unspecified atom stereocenters. The molecule has 3 nitrogen and oxygen atoms in total. The van der Waals surface area contributed by atoms with Gasteiger partial charge in [-0.3, -0.25) is 0 Å². The molecular formula is C16H26N2O. The Morgan fingerprint density at radius 3 is 2.74 bits per heavy atom. The molecule has 0 saturated carbocycles. The van der Waals surface area contributed by atoms with Crippen LogP contribution in [0, 0.1) is 0 Å². The molecule has 1 aliphatic rings. The second kappa shape index (κ2) is 6.92. The minimum atomic E-state index is 0.288. The molecule has 106 valence electrons. The fourth-order valence-corrected chi connectivity index (χ4v) is 2.63. The maximum Gasteiger partial charge on any atom is 0.123 e. The summed E-state index contributed by atoms with van der Waals surface area (Å²) >= 11 is 0. The minimum Gasteiger partial charge on any atom is -0.488 e. The standard InChI is InChI=1S/C16H26N2O/c1-4-18(5-2)12-13(3)17-11-15-10-14-8-6-7-9-16(14)19-15/h6-9,13,15,17H,4-5,10-12H2,1-3H3. The lowest BCUT2D eigenvalue weighted by Gasteiger charge is -2.24. The average molecular weight is 262 g/mol. The highest BCUT2D eigenvalue weighted by molar-refractivity contribution is 5.37. The number of nitrogens with zero attached hydrogens (tertiary/aromatic N) is 1. The number of hydrogen-bond acceptors (Lipinski definition) is 3. The van der Waals surface area contributed by atoms with Crippen LogP contribution in [0.25, 0.3) is 0 Å². The van der Waals surface area contributed by atoms with E-state index in [0.717, 1.165) is 38.3 Å². The quantitative estimate of drug-likeness (QED) is 0.816. The highest BCUT2D eigenvalue weighted by atomic mass is 16.5. The zero-order valence-electron chi connectivity index (χ0n) is 12.4. The van der Waals surface area contributed by atoms with E-state index >= 15 is 0 Å². The SMILES string of the molecule is CCN(CC)CC(C)NCC1Cc2ccccc2O1. The Balaban J connectivity index is 1.73. The molecule has 0 saturated heterocycles. The molecule has 1 N–H and O–H groups in total. The van der Waals surface area contributed by atoms with Gasteiger partial charge >= 0.3 is 0 Å². The van der Waals surface area contributed by atoms with Gasteiger partial charge in [0.05, 0.1) is 0 Å². The molecule has 0 fully saturated rings. The van der Waals surface area contributed by atoms with Crippen LogP contribution >= 0.6 is 0 Å². The third kappa shape index (κ3) is 3.95. The molecule has 1 aromatic rings. The van der Waals surface area contributed by atoms with Gasteiger partial charge in [-0.25, -0.2) is 0 Å². The summed E-state index contributed by atoms with van der Waals surface area (Å²) in [6.45, 7) is 11.0. The maximum absolute atomic E-state index is 5.94. The zero-order valence-corrected chi connectivity index (χ0v) is 12.4. The molecule has 1 aliphatic heterocycles. The van der Waals surface area contributed by atoms with Gasteiger partial charge in [0.25, 0.3) is 0 Å². The predicted octanol–water partition coefficient (Wildman–Crippen LogP) is 2.31. The first-order valence-corrected chi connectivity index (χ1v) is 7.43. The first kappa shape index (κ1) is 14.4. The summed E-state index contributed by atoms with van der Waals surface area (Å²) in [7, 11) is 0. The molecule has 0 bridgehead atoms. The molecule has 0 spiro atoms. The largest absolute Gasteiger partial charge is 0.488 e. The summed E-state index contributed by atoms with van der Waals surface area (Å²) in [4.78, 5) is 2.45. The number of para-hydroxylation sites is 1. The van der Waals surface area contributed by atoms with Gasteiger partial charge in [-0.15, -0.1) is 0 Å². The van der Waals surface area contributed by atoms with E-state index in [9.17, 15) is 0 Å². The fraction of sp³-hybridized carbons (Fsp3) is 0.625. The Labute approximate surface area is 116 Å². The Hall–Kier alpha value is -1.06. The number of rotatable bonds is 7. The van der Waals surface area contributed by atoms with Crippen molar-refractivity contribution >= 4 is 0 Å². The molecular weight excluding hydrogens is 236 g/mol. The predicted molar refractivity (Wildman–Crippen MR) is 79.8 cm³/mol. The fourth-order valence-electron chi connectivity index (χ4n) is 2.63. The number of nitrogens with one attached hydrogen (secondary N) is 1. The molecule has 19 heavy (non-hydrogen) atoms. The number of fused-ring (bicyclic) bond motifs is 1. The Bertz CT molecular complexity index is 365. The molecule has 2 rings (SSSR count). The monoisotopic (exact) mass is 262 g/mol. The second-order valence-corrected chi connectivity index (χ2v) is 5.35. The van der Waals surface area contributed by atoms with Crippen molar-refractivity contribution in [3.63, 3.8) is 0 Å². The molecule has 0 aromatic heterocycles. The first-order valence-electron chi connectivity index (χ1n) is 7.43. The van der Waals surface area contributed by atoms with Gasteiger partial charge in [-0.1, -0.05) is 32.0 Å². The van der Waals surface area contributed by atoms with Crippen LogP contribution in [0.3, 0.4) is 0 Å². The second-order valence-electron chi connectivity index (χ2n) is 5.35. The van der Waals surface area contributed by atoms with Gasteiger partial charge in [0.2, 0.25) is 0 Å². The van der Waals surface area contributed by atoms with E-state index in [1.54, 1.807) is 0 Å². The van der Waals surface area contributed by atoms with Crippen molar-refractivity contribution in [3.8, 4) is 5.75 Å². The first-order chi connectivity index (χ1) is 9.22. The van der Waals surface area contributed by atoms with Crippen LogP contribution in [0.5, 0.6) is 5.75 Å². The lowest BCUT2D eigenvalue weighted by atomic mass is 10.1. The molecule has 2 atom stereocenters. The van der Waals surface area contributed by atoms with Crippen molar-refractivity contribution in [2.75, 3.05) is 26.2 Å². The van der Waals surface area contributed by atoms with E-state index in [0.29, 0.717) is 6.04 Å². The van der Waals surface area contributed by atoms with E-state index in [2.05, 4.69) is 49.2 Å². The topological polar surface area (TPSA) is 24.5 Å². The van der Waals surface area contributed by atoms with Gasteiger partial charge in [0, 0.05) is 25.6 Å². The van der Waals surface area contributed by atoms with E-state index in [4.69, 9.17) is 4.74 Å². The van der Waals surface area contributed by atoms with Gasteiger partial charge in [-0.05, 0) is 31.6 Å². The van der Waals surface area contributed by atoms with Gasteiger partial charge < -0.3 is 15.0 Å². The maximum atomic E-state index is 5.94. The van der Waals surface area contributed by atoms with Crippen LogP contribution in [-0.2, 0) is 6.42 Å². The normalized spacial score (nSPS) is 19.3. The number of benzene rings is 1. The zero-order chi connectivity index (χ0) is 13.7. The van der Waals surface area contributed by atoms with Gasteiger partial charge in [-0.2, -0.15) is 0 Å². The summed E-state index contributed by atoms with van der Waals surface area (Å²) in [6, 6.07) is 8.86. The van der Waals surface area contributed by atoms with Gasteiger partial charge in [0.15, 0.2) is 0 Å². The van der Waals surface area contributed by atoms with E-state index in [1.807, 2.05) is 6.07 Å². The smallest absolute Gasteiger partial charge is 0.123 e. The minimum absolute atomic E-state index is 0.288. The molecule has 0 aliphatic carbocycles. The molecule has 0 radical (unpaired) electrons. The van der Waals surface area contributed by atoms with Crippen LogP contribution in [0.1, 0.15) is 26.3 Å². The van der Waals surface area contributed by atoms with Crippen molar-refractivity contribution in [1.82, 2.24) is 10.2 Å². The summed E-state index contributed by atoms with van der Waals surface area (Å²) in [5, 5.41) is 3.59. The van der Waals surface area contributed by atoms with E-state index < -0.39 is 0 Å². The lowest BCUT2D eigenvalue weighted by molar-refractivity contribution is 0.210. The van der Waals surface area contributed by atoms with Crippen molar-refractivity contribution in [1.29, 1.82) is 0 Å². The molecule has 0 amide bonds. The number of ether oxygens (including phenoxy) is 1. The Kier molecular flexibility index (Phi) is 5.23. The Morgan fingerprint density at radius 1 is 1.32 bits per heavy atom. The van der Waals surface area contributed by atoms with Crippen molar-refractivity contribution in [3.05, 3.63) is 29.8 Å². The highest BCUT2D eigenvalue weighted by Crippen LogP contribution is 2.27. The number of likely N-dealkylation sites (N-methyl/N-ethyl adjacent to an activating group) is 1. The number of hydrogen-bond donors (Lipinski definition) is 1. The van der Waals surface area contributed by atoms with Gasteiger partial charge in [0.1, 0.15) is 11.9 Å². The average Bonchev–Trinajstić information content (AvgIpc) is 2.85. The van der Waals surface area contributed by atoms with E-state index in [1.165, 1.54) is 5.56 Å². The summed E-state index contributed by atoms with van der Waals surface area (Å²) < 4.78 is 5.94. The van der Waals surface area contributed by atoms with Crippen LogP contribution in [-0.4, -0.2) is 43.2 Å². The van der Waals surface area contributed by atoms with Crippen LogP contribution < -0.4 is 10.1 Å². The van der Waals surface area contributed by atoms with Crippen LogP contribution in [0.2, 0.25) is 0 Å². The third-order valence-corrected chi connectivity index (χ3v) is 3.83. The highest BCUT2D eigenvalue weighted by Gasteiger charge is 2.22. The van der Waals surface area contributed by atoms with Crippen LogP contribution in [0.4, 0.5) is 0 Å². The van der Waals surface area contributed by atoms with Crippen molar-refractivity contribution < 1.29 is 4.74 Å². The molecule has 3 heteroatoms. The summed E-state index contributed by atoms with van der Waals surface area (Å²) in [5.74, 6) is 1.06. The van der Waals surface area contributed by atoms with Crippen LogP contribution in [0.15, 0.2) is 24.3 Å². The molecule has 1 heterocycles. The summed E-state index contributed by atoms with van der Waals surface area (Å²) in [6.07, 6.45) is 1.32. The Morgan fingerprint density at radius 2 is 2.05 bits per heavy atom. The molecule has 1 aromatic carbocycles. The van der Waals surface area contributed by atoms with Crippen molar-refractivity contribution in [2.24, 2.45) is 0 Å². The third-order valence-electron chi connectivity index (χ3n) is 3.83.